The smallest absolute Gasteiger partial charge is 0.192 e. The Labute approximate surface area is 163 Å². The second kappa shape index (κ2) is 7.14. The number of rotatable bonds is 5. The van der Waals surface area contributed by atoms with Crippen molar-refractivity contribution in [1.29, 1.82) is 0 Å². The van der Waals surface area contributed by atoms with E-state index in [0.29, 0.717) is 11.8 Å². The van der Waals surface area contributed by atoms with Crippen LogP contribution >= 0.6 is 0 Å². The van der Waals surface area contributed by atoms with E-state index in [1.165, 1.54) is 5.57 Å². The Kier molecular flexibility index (Phi) is 6.14. The van der Waals surface area contributed by atoms with E-state index in [4.69, 9.17) is 8.85 Å². The minimum Gasteiger partial charge on any atom is -0.411 e. The first-order chi connectivity index (χ1) is 11.6. The van der Waals surface area contributed by atoms with E-state index in [-0.39, 0.29) is 28.9 Å². The predicted molar refractivity (Wildman–Crippen MR) is 116 cm³/mol. The lowest BCUT2D eigenvalue weighted by molar-refractivity contribution is 0.0407. The fourth-order valence-electron chi connectivity index (χ4n) is 3.78. The average molecular weight is 399 g/mol. The van der Waals surface area contributed by atoms with Crippen molar-refractivity contribution < 1.29 is 14.0 Å². The van der Waals surface area contributed by atoms with Gasteiger partial charge in [-0.05, 0) is 60.6 Å². The summed E-state index contributed by atoms with van der Waals surface area (Å²) in [6.07, 6.45) is 4.64. The summed E-state index contributed by atoms with van der Waals surface area (Å²) in [5, 5.41) is 10.3. The average Bonchev–Trinajstić information content (AvgIpc) is 2.96. The molecule has 0 saturated heterocycles. The fourth-order valence-corrected chi connectivity index (χ4v) is 6.45. The standard InChI is InChI=1S/C21H42O3Si2/c1-20(2,3)25(7,8)23-17-13-15-11-12-16(14-22)18(15)19(17)24-26(9,10)21(4,5)6/h12,15,17-19,22H,11,13-14H2,1-10H3/t15-,17-,18+,19-/m1/s1. The van der Waals surface area contributed by atoms with Crippen LogP contribution in [0, 0.1) is 11.8 Å². The third-order valence-electron chi connectivity index (χ3n) is 7.55. The van der Waals surface area contributed by atoms with Gasteiger partial charge in [0.05, 0.1) is 18.8 Å². The van der Waals surface area contributed by atoms with E-state index in [2.05, 4.69) is 73.8 Å². The lowest BCUT2D eigenvalue weighted by atomic mass is 9.93. The molecule has 2 rings (SSSR count). The van der Waals surface area contributed by atoms with E-state index in [0.717, 1.165) is 12.8 Å². The topological polar surface area (TPSA) is 38.7 Å². The molecule has 2 aliphatic carbocycles. The Hall–Kier alpha value is 0.0538. The third-order valence-corrected chi connectivity index (χ3v) is 16.5. The highest BCUT2D eigenvalue weighted by molar-refractivity contribution is 6.74. The van der Waals surface area contributed by atoms with Crippen LogP contribution in [-0.4, -0.2) is 40.6 Å². The molecule has 152 valence electrons. The Bertz CT molecular complexity index is 540. The largest absolute Gasteiger partial charge is 0.411 e. The van der Waals surface area contributed by atoms with Crippen molar-refractivity contribution in [3.05, 3.63) is 11.6 Å². The molecule has 4 atom stereocenters. The number of hydrogen-bond acceptors (Lipinski definition) is 3. The zero-order valence-electron chi connectivity index (χ0n) is 18.8. The zero-order chi connectivity index (χ0) is 20.1. The SMILES string of the molecule is CC(C)(C)[Si](C)(C)O[C@H]1[C@@H]2C(CO)=CC[C@@H]2C[C@H]1O[Si](C)(C)C(C)(C)C. The lowest BCUT2D eigenvalue weighted by Gasteiger charge is -2.44. The molecule has 1 saturated carbocycles. The van der Waals surface area contributed by atoms with E-state index >= 15 is 0 Å². The quantitative estimate of drug-likeness (QED) is 0.475. The highest BCUT2D eigenvalue weighted by Crippen LogP contribution is 2.51. The maximum absolute atomic E-state index is 9.89. The van der Waals surface area contributed by atoms with Gasteiger partial charge in [0.1, 0.15) is 0 Å². The van der Waals surface area contributed by atoms with Gasteiger partial charge >= 0.3 is 0 Å². The van der Waals surface area contributed by atoms with E-state index in [1.807, 2.05) is 0 Å². The first kappa shape index (κ1) is 22.3. The summed E-state index contributed by atoms with van der Waals surface area (Å²) in [6, 6.07) is 0. The molecule has 2 aliphatic rings. The fraction of sp³-hybridized carbons (Fsp3) is 0.905. The normalized spacial score (nSPS) is 30.5. The molecule has 1 N–H and O–H groups in total. The summed E-state index contributed by atoms with van der Waals surface area (Å²) < 4.78 is 13.9. The number of allylic oxidation sites excluding steroid dienone is 1. The van der Waals surface area contributed by atoms with Crippen LogP contribution in [0.2, 0.25) is 36.3 Å². The molecule has 0 spiro atoms. The summed E-state index contributed by atoms with van der Waals surface area (Å²) in [6.45, 7) is 23.3. The van der Waals surface area contributed by atoms with Gasteiger partial charge < -0.3 is 14.0 Å². The lowest BCUT2D eigenvalue weighted by Crippen LogP contribution is -2.51. The van der Waals surface area contributed by atoms with Gasteiger partial charge in [-0.15, -0.1) is 0 Å². The molecule has 5 heteroatoms. The molecule has 26 heavy (non-hydrogen) atoms. The predicted octanol–water partition coefficient (Wildman–Crippen LogP) is 5.73. The second-order valence-electron chi connectivity index (χ2n) is 11.5. The summed E-state index contributed by atoms with van der Waals surface area (Å²) in [4.78, 5) is 0. The molecule has 0 aliphatic heterocycles. The molecule has 0 aromatic carbocycles. The molecule has 0 bridgehead atoms. The van der Waals surface area contributed by atoms with Crippen LogP contribution in [-0.2, 0) is 8.85 Å². The Morgan fingerprint density at radius 1 is 0.962 bits per heavy atom. The van der Waals surface area contributed by atoms with Crippen molar-refractivity contribution in [3.8, 4) is 0 Å². The molecule has 3 nitrogen and oxygen atoms in total. The molecule has 0 heterocycles. The van der Waals surface area contributed by atoms with Crippen LogP contribution < -0.4 is 0 Å². The Morgan fingerprint density at radius 2 is 1.46 bits per heavy atom. The van der Waals surface area contributed by atoms with Crippen molar-refractivity contribution in [2.75, 3.05) is 6.61 Å². The minimum absolute atomic E-state index is 0.0934. The minimum atomic E-state index is -1.91. The van der Waals surface area contributed by atoms with Crippen molar-refractivity contribution in [2.24, 2.45) is 11.8 Å². The maximum atomic E-state index is 9.89. The van der Waals surface area contributed by atoms with Crippen LogP contribution in [0.15, 0.2) is 11.6 Å². The summed E-state index contributed by atoms with van der Waals surface area (Å²) >= 11 is 0. The van der Waals surface area contributed by atoms with Crippen molar-refractivity contribution >= 4 is 16.6 Å². The Morgan fingerprint density at radius 3 is 1.92 bits per heavy atom. The van der Waals surface area contributed by atoms with Crippen LogP contribution in [0.25, 0.3) is 0 Å². The van der Waals surface area contributed by atoms with E-state index in [9.17, 15) is 5.11 Å². The van der Waals surface area contributed by atoms with Gasteiger partial charge in [-0.2, -0.15) is 0 Å². The highest BCUT2D eigenvalue weighted by Gasteiger charge is 2.53. The highest BCUT2D eigenvalue weighted by atomic mass is 28.4. The maximum Gasteiger partial charge on any atom is 0.192 e. The molecule has 0 aromatic rings. The van der Waals surface area contributed by atoms with Gasteiger partial charge in [-0.3, -0.25) is 0 Å². The first-order valence-electron chi connectivity index (χ1n) is 10.3. The molecular formula is C21H42O3Si2. The molecule has 0 amide bonds. The molecular weight excluding hydrogens is 356 g/mol. The van der Waals surface area contributed by atoms with Gasteiger partial charge in [0.25, 0.3) is 0 Å². The first-order valence-corrected chi connectivity index (χ1v) is 16.1. The number of fused-ring (bicyclic) bond motifs is 1. The number of aliphatic hydroxyl groups excluding tert-OH is 1. The van der Waals surface area contributed by atoms with Crippen LogP contribution in [0.4, 0.5) is 0 Å². The zero-order valence-corrected chi connectivity index (χ0v) is 20.8. The number of hydrogen-bond donors (Lipinski definition) is 1. The molecule has 0 radical (unpaired) electrons. The monoisotopic (exact) mass is 398 g/mol. The second-order valence-corrected chi connectivity index (χ2v) is 21.0. The van der Waals surface area contributed by atoms with E-state index < -0.39 is 16.6 Å². The summed E-state index contributed by atoms with van der Waals surface area (Å²) in [5.74, 6) is 0.908. The van der Waals surface area contributed by atoms with Gasteiger partial charge in [0.15, 0.2) is 16.6 Å². The van der Waals surface area contributed by atoms with Crippen molar-refractivity contribution in [1.82, 2.24) is 0 Å². The van der Waals surface area contributed by atoms with E-state index in [1.54, 1.807) is 0 Å². The van der Waals surface area contributed by atoms with Gasteiger partial charge in [-0.25, -0.2) is 0 Å². The molecule has 0 unspecified atom stereocenters. The van der Waals surface area contributed by atoms with Crippen molar-refractivity contribution in [3.63, 3.8) is 0 Å². The molecule has 0 aromatic heterocycles. The van der Waals surface area contributed by atoms with Crippen LogP contribution in [0.5, 0.6) is 0 Å². The third kappa shape index (κ3) is 4.22. The number of aliphatic hydroxyl groups is 1. The van der Waals surface area contributed by atoms with Crippen molar-refractivity contribution in [2.45, 2.75) is 103 Å². The van der Waals surface area contributed by atoms with Gasteiger partial charge in [0, 0.05) is 5.92 Å². The van der Waals surface area contributed by atoms with Gasteiger partial charge in [-0.1, -0.05) is 47.6 Å². The van der Waals surface area contributed by atoms with Crippen LogP contribution in [0.3, 0.4) is 0 Å². The molecule has 1 fully saturated rings. The van der Waals surface area contributed by atoms with Crippen LogP contribution in [0.1, 0.15) is 54.4 Å². The summed E-state index contributed by atoms with van der Waals surface area (Å²) in [7, 11) is -3.77. The summed E-state index contributed by atoms with van der Waals surface area (Å²) in [5.41, 5.74) is 1.18. The Balaban J connectivity index is 2.31. The van der Waals surface area contributed by atoms with Gasteiger partial charge in [0.2, 0.25) is 0 Å².